The summed E-state index contributed by atoms with van der Waals surface area (Å²) in [5.41, 5.74) is 7.15. The van der Waals surface area contributed by atoms with E-state index in [1.165, 1.54) is 31.0 Å². The van der Waals surface area contributed by atoms with E-state index in [0.29, 0.717) is 5.92 Å². The zero-order chi connectivity index (χ0) is 13.1. The first-order valence-electron chi connectivity index (χ1n) is 6.29. The van der Waals surface area contributed by atoms with Crippen LogP contribution >= 0.6 is 0 Å². The molecule has 0 aromatic carbocycles. The van der Waals surface area contributed by atoms with Crippen LogP contribution in [0.1, 0.15) is 43.7 Å². The van der Waals surface area contributed by atoms with Gasteiger partial charge in [-0.3, -0.25) is 0 Å². The van der Waals surface area contributed by atoms with Crippen molar-refractivity contribution in [3.63, 3.8) is 0 Å². The highest BCUT2D eigenvalue weighted by atomic mass is 14.6. The fourth-order valence-corrected chi connectivity index (χ4v) is 1.64. The summed E-state index contributed by atoms with van der Waals surface area (Å²) in [6, 6.07) is 8.52. The summed E-state index contributed by atoms with van der Waals surface area (Å²) in [5, 5.41) is 0. The summed E-state index contributed by atoms with van der Waals surface area (Å²) >= 11 is 0. The Balaban J connectivity index is 0.00000121. The minimum absolute atomic E-state index is 0.623. The van der Waals surface area contributed by atoms with Gasteiger partial charge in [-0.1, -0.05) is 44.0 Å². The van der Waals surface area contributed by atoms with Crippen molar-refractivity contribution in [3.05, 3.63) is 47.8 Å². The number of nitrogens with two attached hydrogens (primary N) is 1. The van der Waals surface area contributed by atoms with E-state index in [4.69, 9.17) is 0 Å². The van der Waals surface area contributed by atoms with Gasteiger partial charge in [0.2, 0.25) is 0 Å². The van der Waals surface area contributed by atoms with Gasteiger partial charge in [0.1, 0.15) is 0 Å². The van der Waals surface area contributed by atoms with Crippen LogP contribution in [0.15, 0.2) is 36.7 Å². The summed E-state index contributed by atoms with van der Waals surface area (Å²) in [6.07, 6.45) is 6.54. The number of aromatic nitrogens is 1. The van der Waals surface area contributed by atoms with E-state index in [-0.39, 0.29) is 0 Å². The Hall–Kier alpha value is -1.28. The van der Waals surface area contributed by atoms with Gasteiger partial charge < -0.3 is 10.7 Å². The minimum atomic E-state index is 0.623. The predicted molar refractivity (Wildman–Crippen MR) is 76.6 cm³/mol. The molecule has 0 radical (unpaired) electrons. The van der Waals surface area contributed by atoms with Gasteiger partial charge in [-0.2, -0.15) is 0 Å². The van der Waals surface area contributed by atoms with Crippen molar-refractivity contribution in [2.45, 2.75) is 39.5 Å². The molecule has 0 saturated heterocycles. The van der Waals surface area contributed by atoms with Crippen molar-refractivity contribution in [3.8, 4) is 0 Å². The maximum Gasteiger partial charge on any atom is 0.00395 e. The molecule has 1 aromatic rings. The topological polar surface area (TPSA) is 41.8 Å². The van der Waals surface area contributed by atoms with Crippen molar-refractivity contribution >= 4 is 0 Å². The number of rotatable bonds is 3. The summed E-state index contributed by atoms with van der Waals surface area (Å²) in [4.78, 5) is 3.20. The van der Waals surface area contributed by atoms with E-state index in [0.717, 1.165) is 0 Å². The van der Waals surface area contributed by atoms with Crippen LogP contribution in [0.25, 0.3) is 0 Å². The lowest BCUT2D eigenvalue weighted by molar-refractivity contribution is 0.663. The molecule has 1 atom stereocenters. The maximum absolute atomic E-state index is 4.50. The van der Waals surface area contributed by atoms with Crippen molar-refractivity contribution in [2.24, 2.45) is 5.73 Å². The average Bonchev–Trinajstić information content (AvgIpc) is 2.44. The standard InChI is InChI=1S/C14H21N.CH5N/c1-4-6-13(3)14-9-8-12(2)7-5-10-15-11-14;1-2/h5,7-11,13,15H,4,6H2,1-3H3;2H2,1H3. The molecule has 96 valence electrons. The highest BCUT2D eigenvalue weighted by Crippen LogP contribution is 2.18. The number of hydrogen-bond acceptors (Lipinski definition) is 1. The Labute approximate surface area is 106 Å². The molecule has 0 amide bonds. The smallest absolute Gasteiger partial charge is 0.00395 e. The zero-order valence-electron chi connectivity index (χ0n) is 11.5. The Morgan fingerprint density at radius 3 is 2.59 bits per heavy atom. The molecule has 0 aliphatic carbocycles. The number of hydrogen-bond donors (Lipinski definition) is 2. The lowest BCUT2D eigenvalue weighted by Crippen LogP contribution is -1.91. The summed E-state index contributed by atoms with van der Waals surface area (Å²) in [6.45, 7) is 6.63. The van der Waals surface area contributed by atoms with Crippen molar-refractivity contribution in [1.82, 2.24) is 4.98 Å². The molecule has 0 aliphatic heterocycles. The van der Waals surface area contributed by atoms with Crippen molar-refractivity contribution < 1.29 is 0 Å². The molecule has 0 saturated carbocycles. The van der Waals surface area contributed by atoms with Crippen LogP contribution in [0, 0.1) is 6.92 Å². The van der Waals surface area contributed by atoms with E-state index in [1.54, 1.807) is 0 Å². The van der Waals surface area contributed by atoms with Crippen LogP contribution in [0.3, 0.4) is 0 Å². The monoisotopic (exact) mass is 234 g/mol. The maximum atomic E-state index is 4.50. The second-order valence-corrected chi connectivity index (χ2v) is 4.10. The second-order valence-electron chi connectivity index (χ2n) is 4.10. The Kier molecular flexibility index (Phi) is 9.17. The van der Waals surface area contributed by atoms with Gasteiger partial charge in [-0.05, 0) is 37.9 Å². The van der Waals surface area contributed by atoms with E-state index in [1.807, 2.05) is 12.3 Å². The molecule has 0 spiro atoms. The zero-order valence-corrected chi connectivity index (χ0v) is 11.5. The highest BCUT2D eigenvalue weighted by Gasteiger charge is 2.01. The molecule has 1 rings (SSSR count). The summed E-state index contributed by atoms with van der Waals surface area (Å²) in [7, 11) is 1.50. The molecule has 1 heterocycles. The van der Waals surface area contributed by atoms with Gasteiger partial charge in [0, 0.05) is 12.4 Å². The highest BCUT2D eigenvalue weighted by molar-refractivity contribution is 5.16. The average molecular weight is 234 g/mol. The molecule has 0 aliphatic rings. The summed E-state index contributed by atoms with van der Waals surface area (Å²) < 4.78 is 0. The summed E-state index contributed by atoms with van der Waals surface area (Å²) in [5.74, 6) is 0.623. The molecule has 1 aromatic heterocycles. The van der Waals surface area contributed by atoms with Gasteiger partial charge in [0.05, 0.1) is 0 Å². The van der Waals surface area contributed by atoms with Crippen molar-refractivity contribution in [2.75, 3.05) is 7.05 Å². The molecule has 2 nitrogen and oxygen atoms in total. The third-order valence-corrected chi connectivity index (χ3v) is 2.63. The molecule has 2 heteroatoms. The lowest BCUT2D eigenvalue weighted by atomic mass is 9.99. The third kappa shape index (κ3) is 6.80. The van der Waals surface area contributed by atoms with Crippen LogP contribution in [-0.2, 0) is 0 Å². The molecular weight excluding hydrogens is 208 g/mol. The second kappa shape index (κ2) is 9.91. The van der Waals surface area contributed by atoms with Crippen LogP contribution in [0.5, 0.6) is 0 Å². The molecular formula is C15H26N2. The molecule has 0 bridgehead atoms. The fraction of sp³-hybridized carbons (Fsp3) is 0.467. The van der Waals surface area contributed by atoms with E-state index in [2.05, 4.69) is 55.9 Å². The van der Waals surface area contributed by atoms with E-state index in [9.17, 15) is 0 Å². The first kappa shape index (κ1) is 15.7. The van der Waals surface area contributed by atoms with Gasteiger partial charge in [0.15, 0.2) is 0 Å². The Morgan fingerprint density at radius 2 is 1.94 bits per heavy atom. The minimum Gasteiger partial charge on any atom is -0.367 e. The van der Waals surface area contributed by atoms with E-state index >= 15 is 0 Å². The largest absolute Gasteiger partial charge is 0.367 e. The first-order valence-corrected chi connectivity index (χ1v) is 6.29. The van der Waals surface area contributed by atoms with Gasteiger partial charge in [-0.15, -0.1) is 0 Å². The molecule has 0 fully saturated rings. The van der Waals surface area contributed by atoms with Crippen LogP contribution in [0.2, 0.25) is 0 Å². The SMILES string of the molecule is CCCC(C)c1ccc(C)ccc[nH]c1.CN. The fourth-order valence-electron chi connectivity index (χ4n) is 1.64. The molecule has 3 N–H and O–H groups in total. The number of aryl methyl sites for hydroxylation is 1. The third-order valence-electron chi connectivity index (χ3n) is 2.63. The number of nitrogens with one attached hydrogen (secondary N) is 1. The predicted octanol–water partition coefficient (Wildman–Crippen LogP) is 3.93. The van der Waals surface area contributed by atoms with Gasteiger partial charge >= 0.3 is 0 Å². The van der Waals surface area contributed by atoms with Gasteiger partial charge in [-0.25, -0.2) is 0 Å². The molecule has 1 unspecified atom stereocenters. The number of aromatic amines is 1. The van der Waals surface area contributed by atoms with Crippen LogP contribution in [-0.4, -0.2) is 12.0 Å². The molecule has 17 heavy (non-hydrogen) atoms. The Morgan fingerprint density at radius 1 is 1.24 bits per heavy atom. The lowest BCUT2D eigenvalue weighted by Gasteiger charge is -2.07. The normalized spacial score (nSPS) is 10.9. The van der Waals surface area contributed by atoms with Crippen LogP contribution < -0.4 is 5.73 Å². The van der Waals surface area contributed by atoms with Crippen LogP contribution in [0.4, 0.5) is 0 Å². The number of H-pyrrole nitrogens is 1. The van der Waals surface area contributed by atoms with Gasteiger partial charge in [0.25, 0.3) is 0 Å². The first-order chi connectivity index (χ1) is 8.24. The van der Waals surface area contributed by atoms with Crippen molar-refractivity contribution in [1.29, 1.82) is 0 Å². The Bertz CT molecular complexity index is 341. The quantitative estimate of drug-likeness (QED) is 0.817. The van der Waals surface area contributed by atoms with E-state index < -0.39 is 0 Å².